The first-order valence-electron chi connectivity index (χ1n) is 8.96. The zero-order valence-corrected chi connectivity index (χ0v) is 16.4. The third kappa shape index (κ3) is 5.20. The molecule has 2 N–H and O–H groups in total. The summed E-state index contributed by atoms with van der Waals surface area (Å²) in [7, 11) is -3.70. The highest BCUT2D eigenvalue weighted by molar-refractivity contribution is 7.92. The molecule has 0 atom stereocenters. The highest BCUT2D eigenvalue weighted by atomic mass is 32.2. The number of carbonyl (C=O) groups is 1. The zero-order valence-electron chi connectivity index (χ0n) is 15.6. The second kappa shape index (κ2) is 8.71. The molecule has 0 aliphatic carbocycles. The van der Waals surface area contributed by atoms with Gasteiger partial charge in [0, 0.05) is 17.8 Å². The number of benzene rings is 3. The second-order valence-electron chi connectivity index (χ2n) is 6.49. The van der Waals surface area contributed by atoms with E-state index < -0.39 is 10.0 Å². The molecule has 0 heterocycles. The number of aryl methyl sites for hydroxylation is 1. The van der Waals surface area contributed by atoms with E-state index in [4.69, 9.17) is 0 Å². The van der Waals surface area contributed by atoms with Crippen LogP contribution in [0, 0.1) is 6.92 Å². The van der Waals surface area contributed by atoms with Gasteiger partial charge < -0.3 is 5.32 Å². The first-order valence-corrected chi connectivity index (χ1v) is 10.4. The molecule has 28 heavy (non-hydrogen) atoms. The molecule has 0 bridgehead atoms. The quantitative estimate of drug-likeness (QED) is 0.641. The number of sulfonamides is 1. The van der Waals surface area contributed by atoms with Crippen molar-refractivity contribution in [3.63, 3.8) is 0 Å². The Morgan fingerprint density at radius 2 is 1.50 bits per heavy atom. The van der Waals surface area contributed by atoms with Crippen LogP contribution < -0.4 is 10.0 Å². The Hall–Kier alpha value is -3.12. The van der Waals surface area contributed by atoms with Crippen LogP contribution in [0.25, 0.3) is 0 Å². The smallest absolute Gasteiger partial charge is 0.261 e. The van der Waals surface area contributed by atoms with Gasteiger partial charge in [0.05, 0.1) is 4.90 Å². The largest absolute Gasteiger partial charge is 0.352 e. The van der Waals surface area contributed by atoms with Crippen LogP contribution in [0.4, 0.5) is 5.69 Å². The summed E-state index contributed by atoms with van der Waals surface area (Å²) in [5, 5.41) is 2.85. The Morgan fingerprint density at radius 3 is 2.14 bits per heavy atom. The number of nitrogens with one attached hydrogen (secondary N) is 2. The van der Waals surface area contributed by atoms with Crippen LogP contribution in [0.5, 0.6) is 0 Å². The Kier molecular flexibility index (Phi) is 6.11. The lowest BCUT2D eigenvalue weighted by Gasteiger charge is -2.09. The van der Waals surface area contributed by atoms with E-state index in [0.717, 1.165) is 17.5 Å². The molecule has 3 rings (SSSR count). The predicted octanol–water partition coefficient (Wildman–Crippen LogP) is 3.77. The average molecular weight is 394 g/mol. The monoisotopic (exact) mass is 394 g/mol. The van der Waals surface area contributed by atoms with Crippen LogP contribution in [-0.4, -0.2) is 20.9 Å². The molecule has 0 spiro atoms. The highest BCUT2D eigenvalue weighted by Gasteiger charge is 2.15. The maximum absolute atomic E-state index is 12.5. The molecule has 0 aliphatic heterocycles. The van der Waals surface area contributed by atoms with Gasteiger partial charge >= 0.3 is 0 Å². The average Bonchev–Trinajstić information content (AvgIpc) is 2.70. The molecule has 5 nitrogen and oxygen atoms in total. The van der Waals surface area contributed by atoms with Gasteiger partial charge in [0.25, 0.3) is 15.9 Å². The van der Waals surface area contributed by atoms with E-state index in [2.05, 4.69) is 10.0 Å². The summed E-state index contributed by atoms with van der Waals surface area (Å²) < 4.78 is 27.5. The van der Waals surface area contributed by atoms with Gasteiger partial charge in [-0.2, -0.15) is 0 Å². The second-order valence-corrected chi connectivity index (χ2v) is 8.17. The van der Waals surface area contributed by atoms with E-state index in [0.29, 0.717) is 17.8 Å². The van der Waals surface area contributed by atoms with Crippen molar-refractivity contribution >= 4 is 21.6 Å². The van der Waals surface area contributed by atoms with Crippen molar-refractivity contribution in [2.75, 3.05) is 11.3 Å². The van der Waals surface area contributed by atoms with Crippen molar-refractivity contribution < 1.29 is 13.2 Å². The molecule has 1 amide bonds. The number of anilines is 1. The van der Waals surface area contributed by atoms with E-state index in [1.807, 2.05) is 49.4 Å². The lowest BCUT2D eigenvalue weighted by molar-refractivity contribution is 0.0954. The topological polar surface area (TPSA) is 75.3 Å². The van der Waals surface area contributed by atoms with Crippen LogP contribution in [0.15, 0.2) is 83.8 Å². The minimum Gasteiger partial charge on any atom is -0.352 e. The summed E-state index contributed by atoms with van der Waals surface area (Å²) in [6, 6.07) is 22.9. The van der Waals surface area contributed by atoms with Crippen LogP contribution in [0.2, 0.25) is 0 Å². The third-order valence-electron chi connectivity index (χ3n) is 4.27. The molecular formula is C22H22N2O3S. The fraction of sp³-hybridized carbons (Fsp3) is 0.136. The van der Waals surface area contributed by atoms with Crippen molar-refractivity contribution in [2.45, 2.75) is 18.2 Å². The fourth-order valence-corrected chi connectivity index (χ4v) is 3.75. The molecule has 0 saturated carbocycles. The van der Waals surface area contributed by atoms with E-state index in [1.54, 1.807) is 12.1 Å². The lowest BCUT2D eigenvalue weighted by atomic mass is 10.1. The van der Waals surface area contributed by atoms with E-state index in [1.165, 1.54) is 24.3 Å². The number of carbonyl (C=O) groups excluding carboxylic acids is 1. The molecule has 0 saturated heterocycles. The molecular weight excluding hydrogens is 372 g/mol. The molecule has 6 heteroatoms. The van der Waals surface area contributed by atoms with Crippen molar-refractivity contribution in [3.05, 3.63) is 95.6 Å². The highest BCUT2D eigenvalue weighted by Crippen LogP contribution is 2.17. The van der Waals surface area contributed by atoms with Crippen LogP contribution in [-0.2, 0) is 16.4 Å². The summed E-state index contributed by atoms with van der Waals surface area (Å²) in [5.74, 6) is -0.230. The normalized spacial score (nSPS) is 11.0. The van der Waals surface area contributed by atoms with E-state index in [9.17, 15) is 13.2 Å². The summed E-state index contributed by atoms with van der Waals surface area (Å²) >= 11 is 0. The number of hydrogen-bond donors (Lipinski definition) is 2. The molecule has 0 radical (unpaired) electrons. The standard InChI is InChI=1S/C22H22N2O3S/c1-17-7-11-20(12-8-17)24-28(26,27)21-13-9-19(10-14-21)22(25)23-16-15-18-5-3-2-4-6-18/h2-14,24H,15-16H2,1H3,(H,23,25). The Morgan fingerprint density at radius 1 is 0.857 bits per heavy atom. The summed E-state index contributed by atoms with van der Waals surface area (Å²) in [6.45, 7) is 2.44. The Labute approximate surface area is 165 Å². The molecule has 0 unspecified atom stereocenters. The van der Waals surface area contributed by atoms with Gasteiger partial charge in [-0.25, -0.2) is 8.42 Å². The van der Waals surface area contributed by atoms with Gasteiger partial charge in [-0.3, -0.25) is 9.52 Å². The fourth-order valence-electron chi connectivity index (χ4n) is 2.69. The van der Waals surface area contributed by atoms with Crippen LogP contribution in [0.3, 0.4) is 0 Å². The summed E-state index contributed by atoms with van der Waals surface area (Å²) in [6.07, 6.45) is 0.736. The van der Waals surface area contributed by atoms with Gasteiger partial charge in [0.2, 0.25) is 0 Å². The molecule has 3 aromatic rings. The minimum atomic E-state index is -3.70. The van der Waals surface area contributed by atoms with Gasteiger partial charge in [-0.05, 0) is 55.3 Å². The van der Waals surface area contributed by atoms with E-state index >= 15 is 0 Å². The maximum Gasteiger partial charge on any atom is 0.261 e. The van der Waals surface area contributed by atoms with Gasteiger partial charge in [-0.15, -0.1) is 0 Å². The molecule has 0 aliphatic rings. The Balaban J connectivity index is 1.60. The van der Waals surface area contributed by atoms with Crippen molar-refractivity contribution in [1.82, 2.24) is 5.32 Å². The summed E-state index contributed by atoms with van der Waals surface area (Å²) in [5.41, 5.74) is 3.10. The number of hydrogen-bond acceptors (Lipinski definition) is 3. The molecule has 3 aromatic carbocycles. The first-order chi connectivity index (χ1) is 13.4. The SMILES string of the molecule is Cc1ccc(NS(=O)(=O)c2ccc(C(=O)NCCc3ccccc3)cc2)cc1. The molecule has 0 fully saturated rings. The van der Waals surface area contributed by atoms with Crippen molar-refractivity contribution in [2.24, 2.45) is 0 Å². The van der Waals surface area contributed by atoms with Crippen molar-refractivity contribution in [1.29, 1.82) is 0 Å². The van der Waals surface area contributed by atoms with Crippen molar-refractivity contribution in [3.8, 4) is 0 Å². The number of rotatable bonds is 7. The lowest BCUT2D eigenvalue weighted by Crippen LogP contribution is -2.25. The zero-order chi connectivity index (χ0) is 20.0. The third-order valence-corrected chi connectivity index (χ3v) is 5.67. The first kappa shape index (κ1) is 19.6. The van der Waals surface area contributed by atoms with E-state index in [-0.39, 0.29) is 10.8 Å². The van der Waals surface area contributed by atoms with Crippen LogP contribution >= 0.6 is 0 Å². The predicted molar refractivity (Wildman–Crippen MR) is 111 cm³/mol. The van der Waals surface area contributed by atoms with Crippen LogP contribution in [0.1, 0.15) is 21.5 Å². The van der Waals surface area contributed by atoms with Gasteiger partial charge in [0.15, 0.2) is 0 Å². The minimum absolute atomic E-state index is 0.105. The Bertz CT molecular complexity index is 1030. The van der Waals surface area contributed by atoms with Gasteiger partial charge in [0.1, 0.15) is 0 Å². The summed E-state index contributed by atoms with van der Waals surface area (Å²) in [4.78, 5) is 12.3. The number of amides is 1. The molecule has 144 valence electrons. The van der Waals surface area contributed by atoms with Gasteiger partial charge in [-0.1, -0.05) is 48.0 Å². The molecule has 0 aromatic heterocycles. The maximum atomic E-state index is 12.5.